The molecule has 2 aromatic rings. The number of carbonyl (C=O) groups is 1. The number of pyridine rings is 1. The fourth-order valence-corrected chi connectivity index (χ4v) is 5.52. The van der Waals surface area contributed by atoms with Crippen LogP contribution in [0.1, 0.15) is 30.5 Å². The van der Waals surface area contributed by atoms with E-state index in [0.717, 1.165) is 63.6 Å². The molecular weight excluding hydrogens is 438 g/mol. The number of hydrogen-bond donors (Lipinski definition) is 0. The number of aromatic nitrogens is 1. The lowest BCUT2D eigenvalue weighted by Crippen LogP contribution is -2.62. The van der Waals surface area contributed by atoms with Gasteiger partial charge in [0.25, 0.3) is 0 Å². The number of aryl methyl sites for hydroxylation is 1. The van der Waals surface area contributed by atoms with Gasteiger partial charge in [-0.1, -0.05) is 12.1 Å². The van der Waals surface area contributed by atoms with Crippen LogP contribution in [0.2, 0.25) is 0 Å². The summed E-state index contributed by atoms with van der Waals surface area (Å²) >= 11 is 0. The molecule has 3 aliphatic heterocycles. The summed E-state index contributed by atoms with van der Waals surface area (Å²) < 4.78 is 33.5. The molecular formula is C26H32F2N4O2. The molecule has 1 unspecified atom stereocenters. The van der Waals surface area contributed by atoms with Crippen molar-refractivity contribution < 1.29 is 18.3 Å². The monoisotopic (exact) mass is 470 g/mol. The molecule has 0 N–H and O–H groups in total. The van der Waals surface area contributed by atoms with Crippen molar-refractivity contribution >= 4 is 11.7 Å². The van der Waals surface area contributed by atoms with E-state index in [2.05, 4.69) is 14.8 Å². The van der Waals surface area contributed by atoms with Gasteiger partial charge >= 0.3 is 0 Å². The average molecular weight is 471 g/mol. The van der Waals surface area contributed by atoms with Gasteiger partial charge in [0, 0.05) is 56.3 Å². The Labute approximate surface area is 199 Å². The van der Waals surface area contributed by atoms with Gasteiger partial charge in [0.2, 0.25) is 5.91 Å². The highest BCUT2D eigenvalue weighted by atomic mass is 19.2. The number of halogens is 2. The van der Waals surface area contributed by atoms with Gasteiger partial charge in [-0.25, -0.2) is 13.8 Å². The number of benzene rings is 1. The first-order chi connectivity index (χ1) is 16.4. The van der Waals surface area contributed by atoms with Crippen molar-refractivity contribution in [1.29, 1.82) is 0 Å². The standard InChI is InChI=1S/C26H32F2N4O2/c1-19-3-2-4-24(29-19)32-18-26(8-7-25(32)33,20-5-6-22(27)23(28)15-20)9-10-30-16-21(17-30)31-11-13-34-14-12-31/h2-6,15,21H,7-14,16-18H2,1H3. The zero-order chi connectivity index (χ0) is 23.7. The third-order valence-corrected chi connectivity index (χ3v) is 7.67. The first-order valence-corrected chi connectivity index (χ1v) is 12.2. The van der Waals surface area contributed by atoms with Crippen molar-refractivity contribution in [2.24, 2.45) is 0 Å². The van der Waals surface area contributed by atoms with Crippen LogP contribution in [0.3, 0.4) is 0 Å². The van der Waals surface area contributed by atoms with Gasteiger partial charge in [-0.2, -0.15) is 0 Å². The molecule has 0 radical (unpaired) electrons. The maximum absolute atomic E-state index is 14.3. The second-order valence-electron chi connectivity index (χ2n) is 9.84. The van der Waals surface area contributed by atoms with E-state index in [1.54, 1.807) is 11.0 Å². The zero-order valence-electron chi connectivity index (χ0n) is 19.7. The summed E-state index contributed by atoms with van der Waals surface area (Å²) in [7, 11) is 0. The zero-order valence-corrected chi connectivity index (χ0v) is 19.7. The lowest BCUT2D eigenvalue weighted by molar-refractivity contribution is -0.120. The number of likely N-dealkylation sites (tertiary alicyclic amines) is 1. The number of nitrogens with zero attached hydrogens (tertiary/aromatic N) is 4. The van der Waals surface area contributed by atoms with Crippen LogP contribution in [-0.2, 0) is 14.9 Å². The van der Waals surface area contributed by atoms with Crippen LogP contribution in [0.5, 0.6) is 0 Å². The maximum atomic E-state index is 14.3. The van der Waals surface area contributed by atoms with E-state index in [4.69, 9.17) is 4.74 Å². The Hall–Kier alpha value is -2.42. The molecule has 0 bridgehead atoms. The van der Waals surface area contributed by atoms with Gasteiger partial charge in [-0.05, 0) is 56.1 Å². The van der Waals surface area contributed by atoms with E-state index < -0.39 is 17.0 Å². The lowest BCUT2D eigenvalue weighted by Gasteiger charge is -2.49. The molecule has 1 atom stereocenters. The predicted molar refractivity (Wildman–Crippen MR) is 126 cm³/mol. The van der Waals surface area contributed by atoms with Crippen LogP contribution in [0.25, 0.3) is 0 Å². The molecule has 3 aliphatic rings. The van der Waals surface area contributed by atoms with E-state index >= 15 is 0 Å². The van der Waals surface area contributed by atoms with Crippen molar-refractivity contribution in [3.05, 3.63) is 59.3 Å². The van der Waals surface area contributed by atoms with Crippen LogP contribution in [0, 0.1) is 18.6 Å². The quantitative estimate of drug-likeness (QED) is 0.649. The fourth-order valence-electron chi connectivity index (χ4n) is 5.52. The number of hydrogen-bond acceptors (Lipinski definition) is 5. The predicted octanol–water partition coefficient (Wildman–Crippen LogP) is 3.14. The van der Waals surface area contributed by atoms with Crippen molar-refractivity contribution in [2.75, 3.05) is 57.4 Å². The third kappa shape index (κ3) is 4.72. The second-order valence-corrected chi connectivity index (χ2v) is 9.84. The summed E-state index contributed by atoms with van der Waals surface area (Å²) in [5.41, 5.74) is 1.13. The normalized spacial score (nSPS) is 24.9. The molecule has 1 aromatic heterocycles. The van der Waals surface area contributed by atoms with Gasteiger partial charge in [-0.15, -0.1) is 0 Å². The number of morpholine rings is 1. The number of carbonyl (C=O) groups excluding carboxylic acids is 1. The number of anilines is 1. The summed E-state index contributed by atoms with van der Waals surface area (Å²) in [5, 5.41) is 0. The third-order valence-electron chi connectivity index (χ3n) is 7.67. The minimum atomic E-state index is -0.848. The molecule has 5 rings (SSSR count). The molecule has 182 valence electrons. The van der Waals surface area contributed by atoms with Gasteiger partial charge in [0.05, 0.1) is 13.2 Å². The highest BCUT2D eigenvalue weighted by Gasteiger charge is 2.42. The SMILES string of the molecule is Cc1cccc(N2CC(CCN3CC(N4CCOCC4)C3)(c3ccc(F)c(F)c3)CCC2=O)n1. The van der Waals surface area contributed by atoms with Gasteiger partial charge in [-0.3, -0.25) is 14.6 Å². The number of amides is 1. The molecule has 0 spiro atoms. The molecule has 34 heavy (non-hydrogen) atoms. The average Bonchev–Trinajstić information content (AvgIpc) is 2.81. The van der Waals surface area contributed by atoms with Crippen LogP contribution in [0.15, 0.2) is 36.4 Å². The lowest BCUT2D eigenvalue weighted by atomic mass is 9.71. The van der Waals surface area contributed by atoms with Crippen LogP contribution in [-0.4, -0.2) is 79.2 Å². The minimum Gasteiger partial charge on any atom is -0.379 e. The fraction of sp³-hybridized carbons (Fsp3) is 0.538. The van der Waals surface area contributed by atoms with Crippen molar-refractivity contribution in [2.45, 2.75) is 37.6 Å². The van der Waals surface area contributed by atoms with E-state index in [1.165, 1.54) is 12.1 Å². The molecule has 6 nitrogen and oxygen atoms in total. The van der Waals surface area contributed by atoms with Crippen molar-refractivity contribution in [3.63, 3.8) is 0 Å². The number of piperidine rings is 1. The van der Waals surface area contributed by atoms with E-state index in [1.807, 2.05) is 25.1 Å². The molecule has 1 aromatic carbocycles. The summed E-state index contributed by atoms with van der Waals surface area (Å²) in [6.07, 6.45) is 1.73. The first-order valence-electron chi connectivity index (χ1n) is 12.2. The van der Waals surface area contributed by atoms with Gasteiger partial charge < -0.3 is 9.64 Å². The Morgan fingerprint density at radius 1 is 1.12 bits per heavy atom. The molecule has 3 fully saturated rings. The number of rotatable bonds is 6. The summed E-state index contributed by atoms with van der Waals surface area (Å²) in [6.45, 7) is 8.74. The van der Waals surface area contributed by atoms with E-state index in [9.17, 15) is 13.6 Å². The van der Waals surface area contributed by atoms with Crippen LogP contribution in [0.4, 0.5) is 14.6 Å². The largest absolute Gasteiger partial charge is 0.379 e. The van der Waals surface area contributed by atoms with E-state index in [-0.39, 0.29) is 5.91 Å². The number of ether oxygens (including phenoxy) is 1. The molecule has 1 amide bonds. The Balaban J connectivity index is 1.35. The Morgan fingerprint density at radius 3 is 2.65 bits per heavy atom. The molecule has 8 heteroatoms. The highest BCUT2D eigenvalue weighted by molar-refractivity contribution is 5.93. The summed E-state index contributed by atoms with van der Waals surface area (Å²) in [5.74, 6) is -1.05. The second kappa shape index (κ2) is 9.68. The minimum absolute atomic E-state index is 0.0210. The molecule has 4 heterocycles. The van der Waals surface area contributed by atoms with E-state index in [0.29, 0.717) is 31.2 Å². The van der Waals surface area contributed by atoms with Crippen LogP contribution >= 0.6 is 0 Å². The van der Waals surface area contributed by atoms with Crippen LogP contribution < -0.4 is 4.90 Å². The Kier molecular flexibility index (Phi) is 6.64. The molecule has 0 aliphatic carbocycles. The molecule has 0 saturated carbocycles. The topological polar surface area (TPSA) is 48.9 Å². The van der Waals surface area contributed by atoms with Crippen molar-refractivity contribution in [1.82, 2.24) is 14.8 Å². The maximum Gasteiger partial charge on any atom is 0.228 e. The first kappa shape index (κ1) is 23.3. The summed E-state index contributed by atoms with van der Waals surface area (Å²) in [4.78, 5) is 24.1. The Morgan fingerprint density at radius 2 is 1.91 bits per heavy atom. The Bertz CT molecular complexity index is 1040. The molecule has 3 saturated heterocycles. The summed E-state index contributed by atoms with van der Waals surface area (Å²) in [6, 6.07) is 10.4. The smallest absolute Gasteiger partial charge is 0.228 e. The van der Waals surface area contributed by atoms with Gasteiger partial charge in [0.1, 0.15) is 5.82 Å². The van der Waals surface area contributed by atoms with Gasteiger partial charge in [0.15, 0.2) is 11.6 Å². The van der Waals surface area contributed by atoms with Crippen molar-refractivity contribution in [3.8, 4) is 0 Å². The highest BCUT2D eigenvalue weighted by Crippen LogP contribution is 2.40.